The Morgan fingerprint density at radius 3 is 2.67 bits per heavy atom. The second-order valence-electron chi connectivity index (χ2n) is 2.97. The number of carbonyl (C=O) groups is 2. The number of ketones is 1. The third-order valence-electron chi connectivity index (χ3n) is 2.03. The summed E-state index contributed by atoms with van der Waals surface area (Å²) in [6.07, 6.45) is 1.15. The Balaban J connectivity index is 3.38. The van der Waals surface area contributed by atoms with Gasteiger partial charge in [0.1, 0.15) is 0 Å². The van der Waals surface area contributed by atoms with Gasteiger partial charge >= 0.3 is 5.97 Å². The lowest BCUT2D eigenvalue weighted by atomic mass is 9.98. The standard InChI is InChI=1S/C11H11NO3/c1-3-9(13)10-7(2)5-4-6-8(10)11(14)15-12/h3-6H,1,12H2,2H3. The zero-order valence-corrected chi connectivity index (χ0v) is 8.32. The van der Waals surface area contributed by atoms with Crippen molar-refractivity contribution < 1.29 is 14.4 Å². The van der Waals surface area contributed by atoms with Crippen molar-refractivity contribution in [1.29, 1.82) is 0 Å². The van der Waals surface area contributed by atoms with Crippen LogP contribution in [0.2, 0.25) is 0 Å². The van der Waals surface area contributed by atoms with Crippen LogP contribution >= 0.6 is 0 Å². The van der Waals surface area contributed by atoms with E-state index in [-0.39, 0.29) is 16.9 Å². The van der Waals surface area contributed by atoms with E-state index in [9.17, 15) is 9.59 Å². The van der Waals surface area contributed by atoms with Crippen LogP contribution in [0.25, 0.3) is 0 Å². The van der Waals surface area contributed by atoms with E-state index in [0.717, 1.165) is 6.08 Å². The van der Waals surface area contributed by atoms with Gasteiger partial charge in [-0.1, -0.05) is 18.7 Å². The van der Waals surface area contributed by atoms with Gasteiger partial charge in [0.15, 0.2) is 5.78 Å². The molecule has 0 fully saturated rings. The normalized spacial score (nSPS) is 9.47. The quantitative estimate of drug-likeness (QED) is 0.460. The Kier molecular flexibility index (Phi) is 3.36. The maximum absolute atomic E-state index is 11.5. The molecule has 78 valence electrons. The van der Waals surface area contributed by atoms with E-state index in [1.165, 1.54) is 6.07 Å². The molecule has 4 heteroatoms. The first-order chi connectivity index (χ1) is 7.11. The van der Waals surface area contributed by atoms with Crippen LogP contribution in [0.1, 0.15) is 26.3 Å². The predicted molar refractivity (Wildman–Crippen MR) is 55.3 cm³/mol. The fourth-order valence-electron chi connectivity index (χ4n) is 1.33. The van der Waals surface area contributed by atoms with Gasteiger partial charge in [-0.3, -0.25) is 4.79 Å². The van der Waals surface area contributed by atoms with E-state index in [1.807, 2.05) is 0 Å². The molecule has 0 aromatic heterocycles. The predicted octanol–water partition coefficient (Wildman–Crippen LogP) is 1.39. The molecule has 0 heterocycles. The zero-order chi connectivity index (χ0) is 11.4. The van der Waals surface area contributed by atoms with Crippen molar-refractivity contribution in [3.8, 4) is 0 Å². The summed E-state index contributed by atoms with van der Waals surface area (Å²) in [6, 6.07) is 4.87. The molecule has 1 rings (SSSR count). The zero-order valence-electron chi connectivity index (χ0n) is 8.32. The molecule has 0 bridgehead atoms. The molecule has 0 aliphatic heterocycles. The SMILES string of the molecule is C=CC(=O)c1c(C)cccc1C(=O)ON. The van der Waals surface area contributed by atoms with Crippen LogP contribution in [0.15, 0.2) is 30.9 Å². The van der Waals surface area contributed by atoms with Gasteiger partial charge in [-0.25, -0.2) is 4.79 Å². The molecule has 0 saturated carbocycles. The monoisotopic (exact) mass is 205 g/mol. The minimum atomic E-state index is -0.732. The number of carbonyl (C=O) groups excluding carboxylic acids is 2. The number of allylic oxidation sites excluding steroid dienone is 1. The first-order valence-corrected chi connectivity index (χ1v) is 4.29. The van der Waals surface area contributed by atoms with Gasteiger partial charge in [-0.05, 0) is 24.6 Å². The van der Waals surface area contributed by atoms with Crippen LogP contribution in [0, 0.1) is 6.92 Å². The minimum absolute atomic E-state index is 0.155. The summed E-state index contributed by atoms with van der Waals surface area (Å²) in [6.45, 7) is 5.10. The van der Waals surface area contributed by atoms with Gasteiger partial charge in [0.25, 0.3) is 0 Å². The van der Waals surface area contributed by atoms with E-state index in [2.05, 4.69) is 11.4 Å². The summed E-state index contributed by atoms with van der Waals surface area (Å²) in [7, 11) is 0. The Labute approximate surface area is 87.3 Å². The van der Waals surface area contributed by atoms with Crippen molar-refractivity contribution in [2.45, 2.75) is 6.92 Å². The highest BCUT2D eigenvalue weighted by molar-refractivity contribution is 6.12. The summed E-state index contributed by atoms with van der Waals surface area (Å²) in [4.78, 5) is 26.9. The van der Waals surface area contributed by atoms with Gasteiger partial charge in [-0.15, -0.1) is 0 Å². The summed E-state index contributed by atoms with van der Waals surface area (Å²) in [5.74, 6) is 3.72. The molecule has 0 spiro atoms. The second kappa shape index (κ2) is 4.52. The molecule has 0 atom stereocenters. The third-order valence-corrected chi connectivity index (χ3v) is 2.03. The molecule has 0 unspecified atom stereocenters. The van der Waals surface area contributed by atoms with Crippen molar-refractivity contribution in [3.05, 3.63) is 47.5 Å². The number of benzene rings is 1. The molecule has 15 heavy (non-hydrogen) atoms. The van der Waals surface area contributed by atoms with Gasteiger partial charge in [0, 0.05) is 5.56 Å². The van der Waals surface area contributed by atoms with Crippen LogP contribution < -0.4 is 5.90 Å². The topological polar surface area (TPSA) is 69.4 Å². The van der Waals surface area contributed by atoms with E-state index < -0.39 is 5.97 Å². The molecule has 2 N–H and O–H groups in total. The van der Waals surface area contributed by atoms with Crippen molar-refractivity contribution in [3.63, 3.8) is 0 Å². The molecule has 0 aliphatic carbocycles. The maximum Gasteiger partial charge on any atom is 0.357 e. The first kappa shape index (κ1) is 11.1. The lowest BCUT2D eigenvalue weighted by molar-refractivity contribution is 0.0500. The lowest BCUT2D eigenvalue weighted by Gasteiger charge is -2.07. The maximum atomic E-state index is 11.5. The molecule has 1 aromatic carbocycles. The summed E-state index contributed by atoms with van der Waals surface area (Å²) in [5, 5.41) is 0. The number of rotatable bonds is 3. The van der Waals surface area contributed by atoms with Crippen LogP contribution in [0.3, 0.4) is 0 Å². The molecule has 0 radical (unpaired) electrons. The second-order valence-corrected chi connectivity index (χ2v) is 2.97. The van der Waals surface area contributed by atoms with E-state index in [0.29, 0.717) is 5.56 Å². The summed E-state index contributed by atoms with van der Waals surface area (Å²) in [5.41, 5.74) is 1.12. The molecule has 0 aliphatic rings. The molecule has 0 saturated heterocycles. The van der Waals surface area contributed by atoms with Gasteiger partial charge < -0.3 is 4.84 Å². The average Bonchev–Trinajstić information content (AvgIpc) is 2.26. The Morgan fingerprint density at radius 2 is 2.13 bits per heavy atom. The van der Waals surface area contributed by atoms with Crippen LogP contribution in [0.5, 0.6) is 0 Å². The van der Waals surface area contributed by atoms with Crippen LogP contribution in [-0.4, -0.2) is 11.8 Å². The Bertz CT molecular complexity index is 424. The van der Waals surface area contributed by atoms with Crippen LogP contribution in [-0.2, 0) is 4.84 Å². The number of hydrogen-bond donors (Lipinski definition) is 1. The van der Waals surface area contributed by atoms with Crippen molar-refractivity contribution in [2.75, 3.05) is 0 Å². The molecule has 4 nitrogen and oxygen atoms in total. The third kappa shape index (κ3) is 2.11. The smallest absolute Gasteiger partial charge is 0.357 e. The van der Waals surface area contributed by atoms with Crippen molar-refractivity contribution >= 4 is 11.8 Å². The van der Waals surface area contributed by atoms with E-state index in [1.54, 1.807) is 19.1 Å². The highest BCUT2D eigenvalue weighted by Gasteiger charge is 2.17. The number of nitrogens with two attached hydrogens (primary N) is 1. The number of aryl methyl sites for hydroxylation is 1. The van der Waals surface area contributed by atoms with E-state index in [4.69, 9.17) is 5.90 Å². The molecular weight excluding hydrogens is 194 g/mol. The summed E-state index contributed by atoms with van der Waals surface area (Å²) < 4.78 is 0. The number of hydrogen-bond acceptors (Lipinski definition) is 4. The highest BCUT2D eigenvalue weighted by Crippen LogP contribution is 2.16. The first-order valence-electron chi connectivity index (χ1n) is 4.29. The highest BCUT2D eigenvalue weighted by atomic mass is 16.7. The molecular formula is C11H11NO3. The largest absolute Gasteiger partial charge is 0.370 e. The fourth-order valence-corrected chi connectivity index (χ4v) is 1.33. The molecule has 1 aromatic rings. The Hall–Kier alpha value is -1.94. The molecule has 0 amide bonds. The Morgan fingerprint density at radius 1 is 1.47 bits per heavy atom. The van der Waals surface area contributed by atoms with Crippen molar-refractivity contribution in [1.82, 2.24) is 0 Å². The fraction of sp³-hybridized carbons (Fsp3) is 0.0909. The minimum Gasteiger partial charge on any atom is -0.370 e. The van der Waals surface area contributed by atoms with E-state index >= 15 is 0 Å². The van der Waals surface area contributed by atoms with Crippen LogP contribution in [0.4, 0.5) is 0 Å². The van der Waals surface area contributed by atoms with Gasteiger partial charge in [0.05, 0.1) is 5.56 Å². The summed E-state index contributed by atoms with van der Waals surface area (Å²) >= 11 is 0. The van der Waals surface area contributed by atoms with Gasteiger partial charge in [0.2, 0.25) is 0 Å². The van der Waals surface area contributed by atoms with Gasteiger partial charge in [-0.2, -0.15) is 5.90 Å². The average molecular weight is 205 g/mol. The lowest BCUT2D eigenvalue weighted by Crippen LogP contribution is -2.15. The van der Waals surface area contributed by atoms with Crippen molar-refractivity contribution in [2.24, 2.45) is 5.90 Å².